The highest BCUT2D eigenvalue weighted by Crippen LogP contribution is 2.15. The average molecular weight is 295 g/mol. The first-order chi connectivity index (χ1) is 10.0. The predicted octanol–water partition coefficient (Wildman–Crippen LogP) is 2.47. The Morgan fingerprint density at radius 3 is 2.57 bits per heavy atom. The molecule has 0 aliphatic carbocycles. The number of nitrogens with one attached hydrogen (secondary N) is 2. The Hall–Kier alpha value is -2.57. The highest BCUT2D eigenvalue weighted by atomic mass is 19.2. The van der Waals surface area contributed by atoms with Crippen LogP contribution in [0.15, 0.2) is 30.3 Å². The van der Waals surface area contributed by atoms with Crippen LogP contribution in [-0.2, 0) is 6.54 Å². The van der Waals surface area contributed by atoms with Crippen LogP contribution in [0.5, 0.6) is 0 Å². The molecule has 1 heterocycles. The Bertz CT molecular complexity index is 677. The second-order valence-electron chi connectivity index (χ2n) is 4.20. The van der Waals surface area contributed by atoms with E-state index in [1.165, 1.54) is 13.1 Å². The molecular formula is C14H12F3N3O. The Balaban J connectivity index is 2.13. The molecule has 0 unspecified atom stereocenters. The monoisotopic (exact) mass is 295 g/mol. The van der Waals surface area contributed by atoms with Crippen LogP contribution in [0.4, 0.5) is 19.0 Å². The number of halogens is 3. The van der Waals surface area contributed by atoms with E-state index in [-0.39, 0.29) is 23.7 Å². The molecule has 2 rings (SSSR count). The van der Waals surface area contributed by atoms with Crippen molar-refractivity contribution in [1.82, 2.24) is 10.3 Å². The van der Waals surface area contributed by atoms with Crippen LogP contribution in [0, 0.1) is 17.5 Å². The first-order valence-electron chi connectivity index (χ1n) is 6.07. The zero-order valence-corrected chi connectivity index (χ0v) is 11.1. The molecule has 0 aliphatic rings. The molecule has 1 aromatic heterocycles. The molecule has 0 aliphatic heterocycles. The lowest BCUT2D eigenvalue weighted by Crippen LogP contribution is -2.19. The Morgan fingerprint density at radius 2 is 1.86 bits per heavy atom. The zero-order valence-electron chi connectivity index (χ0n) is 11.1. The third-order valence-corrected chi connectivity index (χ3v) is 2.76. The third kappa shape index (κ3) is 3.50. The summed E-state index contributed by atoms with van der Waals surface area (Å²) < 4.78 is 39.3. The van der Waals surface area contributed by atoms with E-state index < -0.39 is 17.5 Å². The Kier molecular flexibility index (Phi) is 4.42. The summed E-state index contributed by atoms with van der Waals surface area (Å²) in [5.74, 6) is -3.27. The van der Waals surface area contributed by atoms with Gasteiger partial charge in [-0.1, -0.05) is 6.07 Å². The lowest BCUT2D eigenvalue weighted by Gasteiger charge is -2.08. The van der Waals surface area contributed by atoms with Crippen molar-refractivity contribution in [3.05, 3.63) is 59.0 Å². The zero-order chi connectivity index (χ0) is 15.4. The van der Waals surface area contributed by atoms with Gasteiger partial charge in [-0.3, -0.25) is 4.79 Å². The standard InChI is InChI=1S/C14H12F3N3O/c1-18-14(21)12-3-2-4-13(20-12)19-7-8-5-10(16)11(17)6-9(8)15/h2-6H,7H2,1H3,(H,18,21)(H,19,20). The number of hydrogen-bond acceptors (Lipinski definition) is 3. The van der Waals surface area contributed by atoms with Gasteiger partial charge in [0.15, 0.2) is 11.6 Å². The molecule has 0 spiro atoms. The van der Waals surface area contributed by atoms with Gasteiger partial charge in [0.05, 0.1) is 0 Å². The summed E-state index contributed by atoms with van der Waals surface area (Å²) in [6, 6.07) is 5.95. The average Bonchev–Trinajstić information content (AvgIpc) is 2.49. The van der Waals surface area contributed by atoms with Crippen LogP contribution in [-0.4, -0.2) is 17.9 Å². The predicted molar refractivity (Wildman–Crippen MR) is 71.3 cm³/mol. The van der Waals surface area contributed by atoms with Gasteiger partial charge in [0.25, 0.3) is 5.91 Å². The second kappa shape index (κ2) is 6.25. The van der Waals surface area contributed by atoms with Gasteiger partial charge >= 0.3 is 0 Å². The Morgan fingerprint density at radius 1 is 1.14 bits per heavy atom. The van der Waals surface area contributed by atoms with E-state index in [1.807, 2.05) is 0 Å². The van der Waals surface area contributed by atoms with Gasteiger partial charge in [-0.25, -0.2) is 18.2 Å². The van der Waals surface area contributed by atoms with Crippen LogP contribution >= 0.6 is 0 Å². The van der Waals surface area contributed by atoms with Gasteiger partial charge < -0.3 is 10.6 Å². The lowest BCUT2D eigenvalue weighted by atomic mass is 10.2. The van der Waals surface area contributed by atoms with Crippen LogP contribution in [0.3, 0.4) is 0 Å². The van der Waals surface area contributed by atoms with Crippen LogP contribution in [0.25, 0.3) is 0 Å². The number of anilines is 1. The van der Waals surface area contributed by atoms with Crippen molar-refractivity contribution in [2.24, 2.45) is 0 Å². The number of rotatable bonds is 4. The van der Waals surface area contributed by atoms with Crippen molar-refractivity contribution >= 4 is 11.7 Å². The maximum Gasteiger partial charge on any atom is 0.269 e. The van der Waals surface area contributed by atoms with E-state index in [1.54, 1.807) is 12.1 Å². The summed E-state index contributed by atoms with van der Waals surface area (Å²) in [7, 11) is 1.47. The number of carbonyl (C=O) groups excluding carboxylic acids is 1. The smallest absolute Gasteiger partial charge is 0.269 e. The van der Waals surface area contributed by atoms with E-state index in [9.17, 15) is 18.0 Å². The van der Waals surface area contributed by atoms with E-state index in [0.717, 1.165) is 6.07 Å². The fraction of sp³-hybridized carbons (Fsp3) is 0.143. The molecule has 4 nitrogen and oxygen atoms in total. The molecule has 21 heavy (non-hydrogen) atoms. The summed E-state index contributed by atoms with van der Waals surface area (Å²) in [6.07, 6.45) is 0. The number of pyridine rings is 1. The number of carbonyl (C=O) groups is 1. The highest BCUT2D eigenvalue weighted by Gasteiger charge is 2.10. The largest absolute Gasteiger partial charge is 0.366 e. The summed E-state index contributed by atoms with van der Waals surface area (Å²) in [5, 5.41) is 5.17. The molecule has 0 saturated heterocycles. The van der Waals surface area contributed by atoms with Crippen LogP contribution in [0.1, 0.15) is 16.1 Å². The van der Waals surface area contributed by atoms with E-state index in [0.29, 0.717) is 11.9 Å². The van der Waals surface area contributed by atoms with Gasteiger partial charge in [-0.15, -0.1) is 0 Å². The molecule has 1 aromatic carbocycles. The summed E-state index contributed by atoms with van der Waals surface area (Å²) >= 11 is 0. The van der Waals surface area contributed by atoms with Crippen molar-refractivity contribution in [1.29, 1.82) is 0 Å². The minimum absolute atomic E-state index is 0.0407. The number of amides is 1. The normalized spacial score (nSPS) is 10.3. The molecular weight excluding hydrogens is 283 g/mol. The number of hydrogen-bond donors (Lipinski definition) is 2. The number of aromatic nitrogens is 1. The van der Waals surface area contributed by atoms with Gasteiger partial charge in [0.1, 0.15) is 17.3 Å². The number of nitrogens with zero attached hydrogens (tertiary/aromatic N) is 1. The molecule has 0 atom stereocenters. The topological polar surface area (TPSA) is 54.0 Å². The third-order valence-electron chi connectivity index (χ3n) is 2.76. The summed E-state index contributed by atoms with van der Waals surface area (Å²) in [5.41, 5.74) is 0.148. The number of benzene rings is 1. The SMILES string of the molecule is CNC(=O)c1cccc(NCc2cc(F)c(F)cc2F)n1. The maximum absolute atomic E-state index is 13.5. The summed E-state index contributed by atoms with van der Waals surface area (Å²) in [6.45, 7) is -0.0900. The van der Waals surface area contributed by atoms with Crippen molar-refractivity contribution in [2.45, 2.75) is 6.54 Å². The van der Waals surface area contributed by atoms with E-state index in [2.05, 4.69) is 15.6 Å². The van der Waals surface area contributed by atoms with Crippen molar-refractivity contribution in [2.75, 3.05) is 12.4 Å². The minimum atomic E-state index is -1.24. The molecule has 110 valence electrons. The fourth-order valence-corrected chi connectivity index (χ4v) is 1.67. The maximum atomic E-state index is 13.5. The molecule has 0 radical (unpaired) electrons. The molecule has 0 saturated carbocycles. The fourth-order valence-electron chi connectivity index (χ4n) is 1.67. The van der Waals surface area contributed by atoms with E-state index >= 15 is 0 Å². The van der Waals surface area contributed by atoms with Crippen molar-refractivity contribution in [3.63, 3.8) is 0 Å². The highest BCUT2D eigenvalue weighted by molar-refractivity contribution is 5.92. The molecule has 7 heteroatoms. The molecule has 0 fully saturated rings. The Labute approximate surface area is 119 Å². The van der Waals surface area contributed by atoms with E-state index in [4.69, 9.17) is 0 Å². The first kappa shape index (κ1) is 14.8. The van der Waals surface area contributed by atoms with Gasteiger partial charge in [0.2, 0.25) is 0 Å². The molecule has 2 N–H and O–H groups in total. The molecule has 1 amide bonds. The van der Waals surface area contributed by atoms with Gasteiger partial charge in [-0.05, 0) is 18.2 Å². The first-order valence-corrected chi connectivity index (χ1v) is 6.07. The lowest BCUT2D eigenvalue weighted by molar-refractivity contribution is 0.0958. The quantitative estimate of drug-likeness (QED) is 0.852. The van der Waals surface area contributed by atoms with Gasteiger partial charge in [-0.2, -0.15) is 0 Å². The van der Waals surface area contributed by atoms with Crippen molar-refractivity contribution in [3.8, 4) is 0 Å². The molecule has 2 aromatic rings. The van der Waals surface area contributed by atoms with Gasteiger partial charge in [0, 0.05) is 25.2 Å². The van der Waals surface area contributed by atoms with Crippen LogP contribution in [0.2, 0.25) is 0 Å². The molecule has 0 bridgehead atoms. The van der Waals surface area contributed by atoms with Crippen molar-refractivity contribution < 1.29 is 18.0 Å². The minimum Gasteiger partial charge on any atom is -0.366 e. The summed E-state index contributed by atoms with van der Waals surface area (Å²) in [4.78, 5) is 15.4. The second-order valence-corrected chi connectivity index (χ2v) is 4.20. The van der Waals surface area contributed by atoms with Crippen LogP contribution < -0.4 is 10.6 Å².